The Morgan fingerprint density at radius 1 is 0.880 bits per heavy atom. The number of urea groups is 1. The minimum absolute atomic E-state index is 0.107. The first-order valence-corrected chi connectivity index (χ1v) is 16.7. The quantitative estimate of drug-likeness (QED) is 0.120. The number of nitrogens with two attached hydrogens (primary N) is 1. The second-order valence-electron chi connectivity index (χ2n) is 13.0. The average Bonchev–Trinajstić information content (AvgIpc) is 3.74. The number of carbonyl (C=O) groups is 4. The average molecular weight is 678 g/mol. The molecule has 0 aliphatic carbocycles. The number of likely N-dealkylation sites (N-methyl/N-ethyl adjacent to an activating group) is 1. The van der Waals surface area contributed by atoms with Crippen molar-refractivity contribution >= 4 is 29.4 Å². The maximum atomic E-state index is 14.2. The monoisotopic (exact) mass is 677 g/mol. The van der Waals surface area contributed by atoms with Crippen molar-refractivity contribution in [3.63, 3.8) is 0 Å². The summed E-state index contributed by atoms with van der Waals surface area (Å²) in [5.41, 5.74) is 9.81. The van der Waals surface area contributed by atoms with Gasteiger partial charge in [-0.15, -0.1) is 0 Å². The molecule has 50 heavy (non-hydrogen) atoms. The summed E-state index contributed by atoms with van der Waals surface area (Å²) in [7, 11) is 2.14. The fourth-order valence-electron chi connectivity index (χ4n) is 6.76. The molecule has 0 spiro atoms. The van der Waals surface area contributed by atoms with Crippen molar-refractivity contribution < 1.29 is 37.9 Å². The molecule has 2 heterocycles. The van der Waals surface area contributed by atoms with Crippen LogP contribution in [0.15, 0.2) is 97.1 Å². The summed E-state index contributed by atoms with van der Waals surface area (Å²) < 4.78 is 16.8. The number of ketones is 1. The zero-order valence-electron chi connectivity index (χ0n) is 28.2. The third kappa shape index (κ3) is 7.79. The topological polar surface area (TPSA) is 137 Å². The van der Waals surface area contributed by atoms with E-state index in [4.69, 9.17) is 19.9 Å². The van der Waals surface area contributed by atoms with Gasteiger partial charge in [0.15, 0.2) is 17.3 Å². The number of nitrogens with one attached hydrogen (secondary N) is 1. The normalized spacial score (nSPS) is 18.2. The summed E-state index contributed by atoms with van der Waals surface area (Å²) in [5.74, 6) is 0.228. The van der Waals surface area contributed by atoms with Gasteiger partial charge in [-0.25, -0.2) is 9.59 Å². The molecule has 2 aliphatic heterocycles. The van der Waals surface area contributed by atoms with E-state index in [1.165, 1.54) is 0 Å². The molecule has 0 bridgehead atoms. The SMILES string of the molecule is CCOC(=O)c1ccc(NC(=O)N([C@@H]2CC[N+](C)(Cc3ccc4c(c3)OCO4)C2)[C@@H](Cc2ccc(C(=O)c3ccccc3)cc2)C(N)=O)cc1. The summed E-state index contributed by atoms with van der Waals surface area (Å²) in [6, 6.07) is 26.6. The van der Waals surface area contributed by atoms with Crippen LogP contribution in [0.1, 0.15) is 50.8 Å². The number of ether oxygens (including phenoxy) is 3. The molecular weight excluding hydrogens is 636 g/mol. The van der Waals surface area contributed by atoms with Crippen molar-refractivity contribution in [2.45, 2.75) is 38.4 Å². The molecule has 4 aromatic carbocycles. The highest BCUT2D eigenvalue weighted by Gasteiger charge is 2.44. The number of hydrogen-bond donors (Lipinski definition) is 2. The van der Waals surface area contributed by atoms with Gasteiger partial charge in [-0.3, -0.25) is 9.59 Å². The van der Waals surface area contributed by atoms with Gasteiger partial charge in [-0.05, 0) is 55.0 Å². The second-order valence-corrected chi connectivity index (χ2v) is 13.0. The lowest BCUT2D eigenvalue weighted by molar-refractivity contribution is -0.911. The van der Waals surface area contributed by atoms with Crippen LogP contribution < -0.4 is 20.5 Å². The zero-order valence-corrected chi connectivity index (χ0v) is 28.2. The van der Waals surface area contributed by atoms with E-state index in [2.05, 4.69) is 12.4 Å². The Labute approximate surface area is 291 Å². The minimum atomic E-state index is -0.980. The number of rotatable bonds is 12. The van der Waals surface area contributed by atoms with E-state index in [0.717, 1.165) is 23.4 Å². The Balaban J connectivity index is 1.24. The lowest BCUT2D eigenvalue weighted by atomic mass is 9.98. The molecule has 11 nitrogen and oxygen atoms in total. The van der Waals surface area contributed by atoms with Crippen molar-refractivity contribution in [2.75, 3.05) is 38.9 Å². The van der Waals surface area contributed by atoms with Crippen molar-refractivity contribution in [1.82, 2.24) is 4.90 Å². The van der Waals surface area contributed by atoms with Crippen molar-refractivity contribution in [3.05, 3.63) is 125 Å². The van der Waals surface area contributed by atoms with Crippen LogP contribution in [-0.2, 0) is 22.5 Å². The van der Waals surface area contributed by atoms with E-state index in [1.54, 1.807) is 72.5 Å². The van der Waals surface area contributed by atoms with Gasteiger partial charge < -0.3 is 34.6 Å². The number of likely N-dealkylation sites (tertiary alicyclic amines) is 1. The molecule has 2 aliphatic rings. The molecule has 3 N–H and O–H groups in total. The number of hydrogen-bond acceptors (Lipinski definition) is 7. The van der Waals surface area contributed by atoms with Crippen molar-refractivity contribution in [2.24, 2.45) is 5.73 Å². The molecule has 3 amide bonds. The molecule has 3 atom stereocenters. The molecule has 0 aromatic heterocycles. The Morgan fingerprint density at radius 2 is 1.54 bits per heavy atom. The molecule has 4 aromatic rings. The standard InChI is InChI=1S/C39H40N4O7/c1-3-48-38(46)30-14-16-31(17-15-30)41-39(47)42(32-19-20-43(2,24-32)23-27-11-18-34-35(22-27)50-25-49-34)33(37(40)45)21-26-9-12-29(13-10-26)36(44)28-7-5-4-6-8-28/h4-18,22,32-33H,3,19-21,23-25H2,1-2H3,(H2-,40,41,45,46,47)/p+1/t32-,33+,43?/m1/s1. The molecule has 6 rings (SSSR count). The smallest absolute Gasteiger partial charge is 0.338 e. The van der Waals surface area contributed by atoms with E-state index >= 15 is 0 Å². The number of benzene rings is 4. The first kappa shape index (κ1) is 34.2. The van der Waals surface area contributed by atoms with Gasteiger partial charge in [0.25, 0.3) is 0 Å². The lowest BCUT2D eigenvalue weighted by Crippen LogP contribution is -2.56. The van der Waals surface area contributed by atoms with E-state index in [1.807, 2.05) is 36.4 Å². The summed E-state index contributed by atoms with van der Waals surface area (Å²) in [5, 5.41) is 2.93. The highest BCUT2D eigenvalue weighted by atomic mass is 16.7. The Hall–Kier alpha value is -5.68. The van der Waals surface area contributed by atoms with Crippen LogP contribution in [0, 0.1) is 0 Å². The van der Waals surface area contributed by atoms with Gasteiger partial charge in [0.2, 0.25) is 12.7 Å². The summed E-state index contributed by atoms with van der Waals surface area (Å²) in [4.78, 5) is 54.2. The summed E-state index contributed by atoms with van der Waals surface area (Å²) >= 11 is 0. The van der Waals surface area contributed by atoms with Crippen LogP contribution in [0.2, 0.25) is 0 Å². The third-order valence-corrected chi connectivity index (χ3v) is 9.28. The van der Waals surface area contributed by atoms with E-state index in [9.17, 15) is 19.2 Å². The van der Waals surface area contributed by atoms with Gasteiger partial charge in [0, 0.05) is 35.2 Å². The lowest BCUT2D eigenvalue weighted by Gasteiger charge is -2.36. The minimum Gasteiger partial charge on any atom is -0.462 e. The molecule has 1 fully saturated rings. The van der Waals surface area contributed by atoms with Crippen LogP contribution in [0.4, 0.5) is 10.5 Å². The van der Waals surface area contributed by atoms with E-state index in [0.29, 0.717) is 52.1 Å². The highest BCUT2D eigenvalue weighted by molar-refractivity contribution is 6.09. The number of quaternary nitrogens is 1. The van der Waals surface area contributed by atoms with Crippen LogP contribution in [-0.4, -0.2) is 78.7 Å². The molecule has 1 unspecified atom stereocenters. The highest BCUT2D eigenvalue weighted by Crippen LogP contribution is 2.35. The third-order valence-electron chi connectivity index (χ3n) is 9.28. The number of carbonyl (C=O) groups excluding carboxylic acids is 4. The number of amides is 3. The molecule has 258 valence electrons. The second kappa shape index (κ2) is 14.8. The first-order chi connectivity index (χ1) is 24.1. The first-order valence-electron chi connectivity index (χ1n) is 16.7. The summed E-state index contributed by atoms with van der Waals surface area (Å²) in [6.07, 6.45) is 0.803. The molecule has 11 heteroatoms. The Morgan fingerprint density at radius 3 is 2.24 bits per heavy atom. The largest absolute Gasteiger partial charge is 0.462 e. The fourth-order valence-corrected chi connectivity index (χ4v) is 6.76. The van der Waals surface area contributed by atoms with Crippen LogP contribution >= 0.6 is 0 Å². The fraction of sp³-hybridized carbons (Fsp3) is 0.282. The molecule has 0 radical (unpaired) electrons. The van der Waals surface area contributed by atoms with Crippen LogP contribution in [0.25, 0.3) is 0 Å². The maximum absolute atomic E-state index is 14.2. The van der Waals surface area contributed by atoms with Gasteiger partial charge in [0.05, 0.1) is 38.3 Å². The van der Waals surface area contributed by atoms with Crippen molar-refractivity contribution in [3.8, 4) is 11.5 Å². The zero-order chi connectivity index (χ0) is 35.3. The number of esters is 1. The van der Waals surface area contributed by atoms with Gasteiger partial charge in [0.1, 0.15) is 12.6 Å². The predicted molar refractivity (Wildman–Crippen MR) is 187 cm³/mol. The number of fused-ring (bicyclic) bond motifs is 1. The molecular formula is C39H41N4O7+. The summed E-state index contributed by atoms with van der Waals surface area (Å²) in [6.45, 7) is 4.22. The van der Waals surface area contributed by atoms with Crippen LogP contribution in [0.3, 0.4) is 0 Å². The van der Waals surface area contributed by atoms with E-state index < -0.39 is 23.9 Å². The number of nitrogens with zero attached hydrogens (tertiary/aromatic N) is 2. The van der Waals surface area contributed by atoms with E-state index in [-0.39, 0.29) is 31.6 Å². The molecule has 0 saturated carbocycles. The Bertz CT molecular complexity index is 1860. The maximum Gasteiger partial charge on any atom is 0.338 e. The van der Waals surface area contributed by atoms with Gasteiger partial charge in [-0.2, -0.15) is 0 Å². The predicted octanol–water partition coefficient (Wildman–Crippen LogP) is 5.17. The Kier molecular flexibility index (Phi) is 10.1. The van der Waals surface area contributed by atoms with Crippen LogP contribution in [0.5, 0.6) is 11.5 Å². The van der Waals surface area contributed by atoms with Gasteiger partial charge >= 0.3 is 12.0 Å². The number of anilines is 1. The molecule has 1 saturated heterocycles. The number of primary amides is 1. The van der Waals surface area contributed by atoms with Crippen molar-refractivity contribution in [1.29, 1.82) is 0 Å². The van der Waals surface area contributed by atoms with Gasteiger partial charge in [-0.1, -0.05) is 54.6 Å².